The standard InChI is InChI=1S/C18H28N6O3S/c1-11-7-13(11)10-23(4)14-8-12(9-15(20-14)24(5)28(6,25)26)16-21-22-17(27-16)18(2,3)19/h8-9,11,13H,7,10,19H2,1-6H3. The number of sulfonamides is 1. The van der Waals surface area contributed by atoms with Crippen molar-refractivity contribution in [2.75, 3.05) is 36.1 Å². The third-order valence-corrected chi connectivity index (χ3v) is 6.20. The van der Waals surface area contributed by atoms with Crippen molar-refractivity contribution in [3.63, 3.8) is 0 Å². The van der Waals surface area contributed by atoms with Crippen LogP contribution in [0, 0.1) is 11.8 Å². The first-order valence-electron chi connectivity index (χ1n) is 9.16. The molecule has 9 nitrogen and oxygen atoms in total. The summed E-state index contributed by atoms with van der Waals surface area (Å²) in [4.78, 5) is 6.57. The Labute approximate surface area is 166 Å². The Morgan fingerprint density at radius 1 is 1.25 bits per heavy atom. The van der Waals surface area contributed by atoms with E-state index in [1.165, 1.54) is 13.5 Å². The molecule has 2 N–H and O–H groups in total. The molecule has 1 aliphatic carbocycles. The van der Waals surface area contributed by atoms with Gasteiger partial charge in [-0.3, -0.25) is 4.31 Å². The van der Waals surface area contributed by atoms with E-state index in [1.807, 2.05) is 18.0 Å². The van der Waals surface area contributed by atoms with Crippen molar-refractivity contribution in [2.24, 2.45) is 17.6 Å². The summed E-state index contributed by atoms with van der Waals surface area (Å²) in [6, 6.07) is 3.45. The summed E-state index contributed by atoms with van der Waals surface area (Å²) < 4.78 is 30.9. The molecule has 0 saturated heterocycles. The summed E-state index contributed by atoms with van der Waals surface area (Å²) in [6.45, 7) is 6.62. The zero-order valence-electron chi connectivity index (χ0n) is 17.2. The lowest BCUT2D eigenvalue weighted by Crippen LogP contribution is -2.29. The summed E-state index contributed by atoms with van der Waals surface area (Å²) in [5, 5.41) is 8.11. The third-order valence-electron chi connectivity index (χ3n) is 5.02. The summed E-state index contributed by atoms with van der Waals surface area (Å²) in [6.07, 6.45) is 2.33. The highest BCUT2D eigenvalue weighted by Gasteiger charge is 2.33. The minimum atomic E-state index is -3.47. The van der Waals surface area contributed by atoms with Crippen LogP contribution in [0.3, 0.4) is 0 Å². The molecule has 0 spiro atoms. The maximum atomic E-state index is 12.0. The van der Waals surface area contributed by atoms with E-state index >= 15 is 0 Å². The second kappa shape index (κ2) is 7.00. The average Bonchev–Trinajstić information content (AvgIpc) is 3.08. The van der Waals surface area contributed by atoms with Gasteiger partial charge >= 0.3 is 0 Å². The first-order valence-corrected chi connectivity index (χ1v) is 11.0. The van der Waals surface area contributed by atoms with Crippen LogP contribution in [-0.2, 0) is 15.6 Å². The van der Waals surface area contributed by atoms with Crippen molar-refractivity contribution in [1.29, 1.82) is 0 Å². The summed E-state index contributed by atoms with van der Waals surface area (Å²) in [5.74, 6) is 2.84. The van der Waals surface area contributed by atoms with Gasteiger partial charge in [0.1, 0.15) is 11.6 Å². The van der Waals surface area contributed by atoms with E-state index < -0.39 is 15.6 Å². The number of aromatic nitrogens is 3. The number of nitrogens with two attached hydrogens (primary N) is 1. The maximum Gasteiger partial charge on any atom is 0.248 e. The van der Waals surface area contributed by atoms with Gasteiger partial charge < -0.3 is 15.1 Å². The molecule has 0 bridgehead atoms. The van der Waals surface area contributed by atoms with Crippen LogP contribution in [0.5, 0.6) is 0 Å². The fourth-order valence-corrected chi connectivity index (χ4v) is 3.28. The van der Waals surface area contributed by atoms with Crippen LogP contribution in [0.4, 0.5) is 11.6 Å². The highest BCUT2D eigenvalue weighted by molar-refractivity contribution is 7.92. The van der Waals surface area contributed by atoms with Gasteiger partial charge in [0, 0.05) is 26.2 Å². The lowest BCUT2D eigenvalue weighted by Gasteiger charge is -2.22. The molecule has 2 atom stereocenters. The van der Waals surface area contributed by atoms with E-state index in [9.17, 15) is 8.42 Å². The molecule has 1 saturated carbocycles. The van der Waals surface area contributed by atoms with Crippen molar-refractivity contribution in [2.45, 2.75) is 32.7 Å². The van der Waals surface area contributed by atoms with E-state index in [2.05, 4.69) is 22.1 Å². The second-order valence-electron chi connectivity index (χ2n) is 8.29. The molecule has 0 radical (unpaired) electrons. The number of hydrogen-bond donors (Lipinski definition) is 1. The largest absolute Gasteiger partial charge is 0.419 e. The van der Waals surface area contributed by atoms with E-state index in [0.29, 0.717) is 29.1 Å². The van der Waals surface area contributed by atoms with Gasteiger partial charge in [-0.15, -0.1) is 10.2 Å². The van der Waals surface area contributed by atoms with Crippen molar-refractivity contribution in [3.8, 4) is 11.5 Å². The third kappa shape index (κ3) is 4.44. The molecule has 10 heteroatoms. The fraction of sp³-hybridized carbons (Fsp3) is 0.611. The number of pyridine rings is 1. The first-order chi connectivity index (χ1) is 12.9. The van der Waals surface area contributed by atoms with Crippen molar-refractivity contribution >= 4 is 21.7 Å². The zero-order chi connectivity index (χ0) is 20.9. The second-order valence-corrected chi connectivity index (χ2v) is 10.3. The molecule has 0 aliphatic heterocycles. The lowest BCUT2D eigenvalue weighted by atomic mass is 10.1. The van der Waals surface area contributed by atoms with Gasteiger partial charge in [0.15, 0.2) is 0 Å². The SMILES string of the molecule is CC1CC1CN(C)c1cc(-c2nnc(C(C)(C)N)o2)cc(N(C)S(C)(=O)=O)n1. The molecule has 154 valence electrons. The molecule has 0 amide bonds. The molecule has 2 unspecified atom stereocenters. The summed E-state index contributed by atoms with van der Waals surface area (Å²) >= 11 is 0. The minimum Gasteiger partial charge on any atom is -0.419 e. The van der Waals surface area contributed by atoms with Crippen LogP contribution >= 0.6 is 0 Å². The summed E-state index contributed by atoms with van der Waals surface area (Å²) in [7, 11) is -0.0524. The van der Waals surface area contributed by atoms with Crippen molar-refractivity contribution in [1.82, 2.24) is 15.2 Å². The molecule has 2 aromatic heterocycles. The normalized spacial score (nSPS) is 19.5. The molecular weight excluding hydrogens is 380 g/mol. The number of rotatable bonds is 7. The van der Waals surface area contributed by atoms with Crippen LogP contribution in [-0.4, -0.2) is 50.5 Å². The van der Waals surface area contributed by atoms with Gasteiger partial charge in [-0.25, -0.2) is 13.4 Å². The lowest BCUT2D eigenvalue weighted by molar-refractivity contribution is 0.384. The smallest absolute Gasteiger partial charge is 0.248 e. The van der Waals surface area contributed by atoms with Gasteiger partial charge in [-0.2, -0.15) is 0 Å². The zero-order valence-corrected chi connectivity index (χ0v) is 18.0. The average molecular weight is 409 g/mol. The van der Waals surface area contributed by atoms with Crippen molar-refractivity contribution < 1.29 is 12.8 Å². The molecule has 2 heterocycles. The van der Waals surface area contributed by atoms with E-state index in [-0.39, 0.29) is 11.7 Å². The Bertz CT molecular complexity index is 966. The molecule has 0 aromatic carbocycles. The van der Waals surface area contributed by atoms with E-state index in [4.69, 9.17) is 10.2 Å². The monoisotopic (exact) mass is 408 g/mol. The molecule has 1 fully saturated rings. The van der Waals surface area contributed by atoms with Crippen molar-refractivity contribution in [3.05, 3.63) is 18.0 Å². The molecule has 1 aliphatic rings. The maximum absolute atomic E-state index is 12.0. The number of hydrogen-bond acceptors (Lipinski definition) is 8. The summed E-state index contributed by atoms with van der Waals surface area (Å²) in [5.41, 5.74) is 5.85. The van der Waals surface area contributed by atoms with Gasteiger partial charge in [-0.05, 0) is 44.2 Å². The number of nitrogens with zero attached hydrogens (tertiary/aromatic N) is 5. The van der Waals surface area contributed by atoms with Gasteiger partial charge in [0.25, 0.3) is 0 Å². The molecular formula is C18H28N6O3S. The van der Waals surface area contributed by atoms with Gasteiger partial charge in [0.05, 0.1) is 11.8 Å². The van der Waals surface area contributed by atoms with Gasteiger partial charge in [-0.1, -0.05) is 6.92 Å². The Hall–Kier alpha value is -2.20. The predicted octanol–water partition coefficient (Wildman–Crippen LogP) is 1.81. The molecule has 2 aromatic rings. The topological polar surface area (TPSA) is 118 Å². The highest BCUT2D eigenvalue weighted by Crippen LogP contribution is 2.39. The van der Waals surface area contributed by atoms with Crippen LogP contribution in [0.1, 0.15) is 33.1 Å². The van der Waals surface area contributed by atoms with E-state index in [0.717, 1.165) is 17.1 Å². The molecule has 3 rings (SSSR count). The first kappa shape index (κ1) is 20.5. The predicted molar refractivity (Wildman–Crippen MR) is 109 cm³/mol. The quantitative estimate of drug-likeness (QED) is 0.737. The van der Waals surface area contributed by atoms with Crippen LogP contribution < -0.4 is 14.9 Å². The Morgan fingerprint density at radius 3 is 2.36 bits per heavy atom. The number of anilines is 2. The van der Waals surface area contributed by atoms with Crippen LogP contribution in [0.15, 0.2) is 16.5 Å². The Balaban J connectivity index is 2.03. The Morgan fingerprint density at radius 2 is 1.86 bits per heavy atom. The van der Waals surface area contributed by atoms with E-state index in [1.54, 1.807) is 19.9 Å². The highest BCUT2D eigenvalue weighted by atomic mass is 32.2. The van der Waals surface area contributed by atoms with Gasteiger partial charge in [0.2, 0.25) is 21.8 Å². The minimum absolute atomic E-state index is 0.272. The van der Waals surface area contributed by atoms with Crippen LogP contribution in [0.25, 0.3) is 11.5 Å². The Kier molecular flexibility index (Phi) is 5.13. The molecule has 28 heavy (non-hydrogen) atoms. The fourth-order valence-electron chi connectivity index (χ4n) is 2.85. The van der Waals surface area contributed by atoms with Crippen LogP contribution in [0.2, 0.25) is 0 Å².